The van der Waals surface area contributed by atoms with E-state index in [2.05, 4.69) is 0 Å². The molecule has 4 rings (SSSR count). The van der Waals surface area contributed by atoms with Gasteiger partial charge in [-0.1, -0.05) is 83.9 Å². The summed E-state index contributed by atoms with van der Waals surface area (Å²) in [4.78, 5) is 0. The summed E-state index contributed by atoms with van der Waals surface area (Å²) in [7, 11) is -3.71. The zero-order chi connectivity index (χ0) is 22.3. The molecule has 0 aromatic heterocycles. The Balaban J connectivity index is 1.56. The largest absolute Gasteiger partial charge is 0.377 e. The van der Waals surface area contributed by atoms with Crippen molar-refractivity contribution < 1.29 is 18.6 Å². The Hall–Kier alpha value is -2.15. The number of rotatable bonds is 4. The molecule has 31 heavy (non-hydrogen) atoms. The highest BCUT2D eigenvalue weighted by Gasteiger charge is 2.37. The minimum Gasteiger partial charge on any atom is -0.377 e. The Bertz CT molecular complexity index is 1110. The molecule has 0 aliphatic heterocycles. The van der Waals surface area contributed by atoms with Crippen LogP contribution in [0.1, 0.15) is 11.1 Å². The molecule has 0 spiro atoms. The van der Waals surface area contributed by atoms with Crippen molar-refractivity contribution in [2.45, 2.75) is 21.7 Å². The van der Waals surface area contributed by atoms with E-state index in [1.807, 2.05) is 0 Å². The van der Waals surface area contributed by atoms with Crippen LogP contribution in [0.4, 0.5) is 0 Å². The van der Waals surface area contributed by atoms with Gasteiger partial charge in [-0.15, -0.1) is 0 Å². The maximum Gasteiger partial charge on any atom is 0.170 e. The third kappa shape index (κ3) is 4.04. The van der Waals surface area contributed by atoms with Crippen LogP contribution in [-0.4, -0.2) is 29.1 Å². The van der Waals surface area contributed by atoms with Crippen LogP contribution in [0.2, 0.25) is 10.0 Å². The minimum absolute atomic E-state index is 0.387. The summed E-state index contributed by atoms with van der Waals surface area (Å²) >= 11 is 12.4. The van der Waals surface area contributed by atoms with Gasteiger partial charge >= 0.3 is 0 Å². The lowest BCUT2D eigenvalue weighted by molar-refractivity contribution is 0.141. The van der Waals surface area contributed by atoms with E-state index >= 15 is 0 Å². The van der Waals surface area contributed by atoms with Gasteiger partial charge in [-0.3, -0.25) is 0 Å². The normalized spacial score (nSPS) is 29.9. The lowest BCUT2D eigenvalue weighted by Gasteiger charge is -2.30. The molecule has 2 aromatic rings. The first-order valence-electron chi connectivity index (χ1n) is 9.61. The quantitative estimate of drug-likeness (QED) is 0.640. The fourth-order valence-corrected chi connectivity index (χ4v) is 5.88. The Morgan fingerprint density at radius 2 is 0.968 bits per heavy atom. The van der Waals surface area contributed by atoms with Crippen LogP contribution >= 0.6 is 23.2 Å². The lowest BCUT2D eigenvalue weighted by atomic mass is 9.89. The van der Waals surface area contributed by atoms with E-state index in [9.17, 15) is 18.6 Å². The average Bonchev–Trinajstić information content (AvgIpc) is 2.75. The van der Waals surface area contributed by atoms with Gasteiger partial charge in [0.1, 0.15) is 11.2 Å². The molecular formula is C24H20Cl2O4S. The SMILES string of the molecule is O=S(=O)(C1C=CC(O)(c2ccccc2Cl)C=C1)C1C=CC(O)(c2ccccc2Cl)C=C1. The summed E-state index contributed by atoms with van der Waals surface area (Å²) in [5, 5.41) is 20.7. The Kier molecular flexibility index (Phi) is 5.75. The summed E-state index contributed by atoms with van der Waals surface area (Å²) in [5.74, 6) is 0. The topological polar surface area (TPSA) is 74.6 Å². The molecule has 160 valence electrons. The van der Waals surface area contributed by atoms with Crippen molar-refractivity contribution in [3.05, 3.63) is 118 Å². The van der Waals surface area contributed by atoms with Crippen LogP contribution in [0.5, 0.6) is 0 Å². The highest BCUT2D eigenvalue weighted by Crippen LogP contribution is 2.37. The van der Waals surface area contributed by atoms with Crippen molar-refractivity contribution in [1.82, 2.24) is 0 Å². The number of hydrogen-bond donors (Lipinski definition) is 2. The van der Waals surface area contributed by atoms with Gasteiger partial charge in [0.2, 0.25) is 0 Å². The molecule has 0 fully saturated rings. The smallest absolute Gasteiger partial charge is 0.170 e. The Morgan fingerprint density at radius 3 is 1.29 bits per heavy atom. The first-order valence-corrected chi connectivity index (χ1v) is 12.0. The molecule has 2 aliphatic carbocycles. The summed E-state index contributed by atoms with van der Waals surface area (Å²) in [6, 6.07) is 13.7. The molecule has 0 saturated heterocycles. The molecule has 7 heteroatoms. The average molecular weight is 475 g/mol. The van der Waals surface area contributed by atoms with E-state index in [-0.39, 0.29) is 0 Å². The summed E-state index contributed by atoms with van der Waals surface area (Å²) in [6.45, 7) is 0. The molecule has 0 amide bonds. The Labute approximate surface area is 191 Å². The Morgan fingerprint density at radius 1 is 0.645 bits per heavy atom. The van der Waals surface area contributed by atoms with Gasteiger partial charge in [0.25, 0.3) is 0 Å². The lowest BCUT2D eigenvalue weighted by Crippen LogP contribution is -2.34. The predicted octanol–water partition coefficient (Wildman–Crippen LogP) is 4.47. The molecular weight excluding hydrogens is 455 g/mol. The fourth-order valence-electron chi connectivity index (χ4n) is 3.76. The van der Waals surface area contributed by atoms with Crippen molar-refractivity contribution >= 4 is 33.0 Å². The zero-order valence-electron chi connectivity index (χ0n) is 16.3. The summed E-state index contributed by atoms with van der Waals surface area (Å²) in [6.07, 6.45) is 11.6. The summed E-state index contributed by atoms with van der Waals surface area (Å²) < 4.78 is 26.3. The monoisotopic (exact) mass is 474 g/mol. The molecule has 0 atom stereocenters. The van der Waals surface area contributed by atoms with Crippen molar-refractivity contribution in [3.8, 4) is 0 Å². The zero-order valence-corrected chi connectivity index (χ0v) is 18.6. The summed E-state index contributed by atoms with van der Waals surface area (Å²) in [5.41, 5.74) is -2.01. The number of sulfone groups is 1. The van der Waals surface area contributed by atoms with Crippen LogP contribution in [0.25, 0.3) is 0 Å². The van der Waals surface area contributed by atoms with Gasteiger partial charge in [0.05, 0.1) is 10.5 Å². The second kappa shape index (κ2) is 8.08. The van der Waals surface area contributed by atoms with Crippen LogP contribution in [-0.2, 0) is 21.0 Å². The standard InChI is InChI=1S/C24H20Cl2O4S/c25-21-7-3-1-5-19(21)23(27)13-9-17(10-14-23)31(29,30)18-11-15-24(28,16-12-18)20-6-2-4-8-22(20)26/h1-18,27-28H. The third-order valence-electron chi connectivity index (χ3n) is 5.53. The van der Waals surface area contributed by atoms with Crippen molar-refractivity contribution in [2.24, 2.45) is 0 Å². The van der Waals surface area contributed by atoms with Gasteiger partial charge in [0.15, 0.2) is 9.84 Å². The van der Waals surface area contributed by atoms with Gasteiger partial charge < -0.3 is 10.2 Å². The first kappa shape index (κ1) is 22.1. The molecule has 2 aliphatic rings. The molecule has 2 aromatic carbocycles. The van der Waals surface area contributed by atoms with Gasteiger partial charge in [0, 0.05) is 21.2 Å². The molecule has 0 heterocycles. The van der Waals surface area contributed by atoms with E-state index in [1.54, 1.807) is 48.5 Å². The van der Waals surface area contributed by atoms with E-state index in [1.165, 1.54) is 48.6 Å². The fraction of sp³-hybridized carbons (Fsp3) is 0.167. The molecule has 0 bridgehead atoms. The molecule has 0 unspecified atom stereocenters. The molecule has 0 radical (unpaired) electrons. The second-order valence-electron chi connectivity index (χ2n) is 7.57. The van der Waals surface area contributed by atoms with E-state index < -0.39 is 31.5 Å². The number of benzene rings is 2. The molecule has 0 saturated carbocycles. The van der Waals surface area contributed by atoms with E-state index in [4.69, 9.17) is 23.2 Å². The van der Waals surface area contributed by atoms with Crippen molar-refractivity contribution in [3.63, 3.8) is 0 Å². The van der Waals surface area contributed by atoms with Crippen molar-refractivity contribution in [1.29, 1.82) is 0 Å². The number of halogens is 2. The highest BCUT2D eigenvalue weighted by atomic mass is 35.5. The first-order chi connectivity index (χ1) is 14.7. The maximum atomic E-state index is 13.1. The maximum absolute atomic E-state index is 13.1. The minimum atomic E-state index is -3.71. The number of aliphatic hydroxyl groups is 2. The number of hydrogen-bond acceptors (Lipinski definition) is 4. The predicted molar refractivity (Wildman–Crippen MR) is 124 cm³/mol. The van der Waals surface area contributed by atoms with Gasteiger partial charge in [-0.2, -0.15) is 0 Å². The highest BCUT2D eigenvalue weighted by molar-refractivity contribution is 7.93. The van der Waals surface area contributed by atoms with Crippen LogP contribution in [0.15, 0.2) is 97.1 Å². The van der Waals surface area contributed by atoms with Gasteiger partial charge in [-0.05, 0) is 36.4 Å². The van der Waals surface area contributed by atoms with Crippen molar-refractivity contribution in [2.75, 3.05) is 0 Å². The second-order valence-corrected chi connectivity index (χ2v) is 10.6. The van der Waals surface area contributed by atoms with E-state index in [0.29, 0.717) is 21.2 Å². The van der Waals surface area contributed by atoms with Gasteiger partial charge in [-0.25, -0.2) is 8.42 Å². The van der Waals surface area contributed by atoms with Crippen LogP contribution in [0.3, 0.4) is 0 Å². The van der Waals surface area contributed by atoms with Crippen LogP contribution in [0, 0.1) is 0 Å². The third-order valence-corrected chi connectivity index (χ3v) is 8.33. The van der Waals surface area contributed by atoms with Crippen LogP contribution < -0.4 is 0 Å². The van der Waals surface area contributed by atoms with E-state index in [0.717, 1.165) is 0 Å². The molecule has 4 nitrogen and oxygen atoms in total. The molecule has 2 N–H and O–H groups in total.